The minimum atomic E-state index is -1.35. The number of thiophene rings is 2. The molecule has 0 bridgehead atoms. The maximum atomic E-state index is 11.7. The van der Waals surface area contributed by atoms with Gasteiger partial charge in [-0.1, -0.05) is 0 Å². The third-order valence-corrected chi connectivity index (χ3v) is 4.24. The largest absolute Gasteiger partial charge is 0.381 e. The molecule has 17 heavy (non-hydrogen) atoms. The van der Waals surface area contributed by atoms with Crippen LogP contribution in [-0.4, -0.2) is 29.6 Å². The smallest absolute Gasteiger partial charge is 0.261 e. The van der Waals surface area contributed by atoms with Crippen molar-refractivity contribution in [2.45, 2.75) is 6.10 Å². The normalized spacial score (nSPS) is 12.5. The average Bonchev–Trinajstić information content (AvgIpc) is 2.84. The average molecular weight is 270 g/mol. The van der Waals surface area contributed by atoms with Crippen LogP contribution in [0.15, 0.2) is 17.5 Å². The summed E-state index contributed by atoms with van der Waals surface area (Å²) in [5, 5.41) is 13.6. The fourth-order valence-electron chi connectivity index (χ4n) is 1.25. The van der Waals surface area contributed by atoms with Crippen LogP contribution in [0.1, 0.15) is 9.67 Å². The molecule has 90 valence electrons. The van der Waals surface area contributed by atoms with Crippen molar-refractivity contribution in [1.29, 1.82) is 0 Å². The summed E-state index contributed by atoms with van der Waals surface area (Å²) in [4.78, 5) is 22.8. The number of aliphatic hydroxyl groups is 1. The molecule has 2 rings (SSSR count). The van der Waals surface area contributed by atoms with E-state index in [0.29, 0.717) is 4.88 Å². The number of hydrogen-bond acceptors (Lipinski definition) is 5. The SMILES string of the molecule is NC(=O)C(O)CNC(=O)c1cc2sccc2s1. The zero-order chi connectivity index (χ0) is 12.4. The molecule has 2 amide bonds. The first kappa shape index (κ1) is 12.0. The summed E-state index contributed by atoms with van der Waals surface area (Å²) in [6.07, 6.45) is -1.35. The fourth-order valence-corrected chi connectivity index (χ4v) is 3.28. The summed E-state index contributed by atoms with van der Waals surface area (Å²) in [5.41, 5.74) is 4.87. The molecule has 0 spiro atoms. The van der Waals surface area contributed by atoms with E-state index >= 15 is 0 Å². The molecule has 0 aromatic carbocycles. The van der Waals surface area contributed by atoms with Gasteiger partial charge in [0, 0.05) is 9.40 Å². The Morgan fingerprint density at radius 1 is 1.47 bits per heavy atom. The number of nitrogens with two attached hydrogens (primary N) is 1. The molecule has 2 heterocycles. The van der Waals surface area contributed by atoms with Gasteiger partial charge in [-0.2, -0.15) is 0 Å². The Bertz CT molecular complexity index is 532. The van der Waals surface area contributed by atoms with Gasteiger partial charge in [0.05, 0.1) is 11.4 Å². The summed E-state index contributed by atoms with van der Waals surface area (Å²) in [6.45, 7) is -0.167. The first-order chi connectivity index (χ1) is 8.08. The second kappa shape index (κ2) is 4.82. The van der Waals surface area contributed by atoms with E-state index in [9.17, 15) is 9.59 Å². The Kier molecular flexibility index (Phi) is 3.41. The zero-order valence-corrected chi connectivity index (χ0v) is 10.3. The highest BCUT2D eigenvalue weighted by molar-refractivity contribution is 7.27. The maximum Gasteiger partial charge on any atom is 0.261 e. The van der Waals surface area contributed by atoms with Gasteiger partial charge in [-0.15, -0.1) is 22.7 Å². The fraction of sp³-hybridized carbons (Fsp3) is 0.200. The van der Waals surface area contributed by atoms with Gasteiger partial charge < -0.3 is 16.2 Å². The highest BCUT2D eigenvalue weighted by Gasteiger charge is 2.15. The first-order valence-electron chi connectivity index (χ1n) is 4.80. The number of fused-ring (bicyclic) bond motifs is 1. The van der Waals surface area contributed by atoms with E-state index in [1.54, 1.807) is 17.4 Å². The molecule has 0 aliphatic rings. The first-order valence-corrected chi connectivity index (χ1v) is 6.50. The van der Waals surface area contributed by atoms with E-state index in [1.807, 2.05) is 11.4 Å². The third kappa shape index (κ3) is 2.63. The Morgan fingerprint density at radius 3 is 2.88 bits per heavy atom. The molecule has 2 aromatic rings. The second-order valence-electron chi connectivity index (χ2n) is 3.39. The number of nitrogens with one attached hydrogen (secondary N) is 1. The Morgan fingerprint density at radius 2 is 2.24 bits per heavy atom. The maximum absolute atomic E-state index is 11.7. The van der Waals surface area contributed by atoms with E-state index in [4.69, 9.17) is 10.8 Å². The zero-order valence-electron chi connectivity index (χ0n) is 8.67. The Hall–Kier alpha value is -1.44. The van der Waals surface area contributed by atoms with Crippen molar-refractivity contribution in [2.24, 2.45) is 5.73 Å². The molecule has 0 radical (unpaired) electrons. The summed E-state index contributed by atoms with van der Waals surface area (Å²) in [5.74, 6) is -1.16. The highest BCUT2D eigenvalue weighted by atomic mass is 32.1. The summed E-state index contributed by atoms with van der Waals surface area (Å²) < 4.78 is 2.10. The lowest BCUT2D eigenvalue weighted by Gasteiger charge is -2.06. The number of amides is 2. The molecule has 2 aromatic heterocycles. The van der Waals surface area contributed by atoms with Crippen LogP contribution in [0.3, 0.4) is 0 Å². The van der Waals surface area contributed by atoms with Crippen molar-refractivity contribution >= 4 is 43.9 Å². The van der Waals surface area contributed by atoms with Gasteiger partial charge in [-0.05, 0) is 17.5 Å². The van der Waals surface area contributed by atoms with Crippen LogP contribution in [0, 0.1) is 0 Å². The number of carbonyl (C=O) groups is 2. The van der Waals surface area contributed by atoms with E-state index in [1.165, 1.54) is 11.3 Å². The van der Waals surface area contributed by atoms with Crippen molar-refractivity contribution in [3.63, 3.8) is 0 Å². The Labute approximate surface area is 105 Å². The molecule has 1 atom stereocenters. The molecular weight excluding hydrogens is 260 g/mol. The predicted molar refractivity (Wildman–Crippen MR) is 67.2 cm³/mol. The second-order valence-corrected chi connectivity index (χ2v) is 5.42. The summed E-state index contributed by atoms with van der Waals surface area (Å²) in [7, 11) is 0. The van der Waals surface area contributed by atoms with Gasteiger partial charge in [0.2, 0.25) is 5.91 Å². The molecule has 4 N–H and O–H groups in total. The third-order valence-electron chi connectivity index (χ3n) is 2.15. The van der Waals surface area contributed by atoms with E-state index in [0.717, 1.165) is 9.40 Å². The quantitative estimate of drug-likeness (QED) is 0.757. The monoisotopic (exact) mass is 270 g/mol. The summed E-state index contributed by atoms with van der Waals surface area (Å²) in [6, 6.07) is 3.73. The number of primary amides is 1. The van der Waals surface area contributed by atoms with Crippen LogP contribution in [0.2, 0.25) is 0 Å². The van der Waals surface area contributed by atoms with E-state index in [2.05, 4.69) is 5.32 Å². The molecular formula is C10H10N2O3S2. The van der Waals surface area contributed by atoms with E-state index in [-0.39, 0.29) is 12.5 Å². The molecule has 0 fully saturated rings. The molecule has 0 aliphatic heterocycles. The standard InChI is InChI=1S/C10H10N2O3S2/c11-9(14)5(13)4-12-10(15)8-3-7-6(17-8)1-2-16-7/h1-3,5,13H,4H2,(H2,11,14)(H,12,15). The van der Waals surface area contributed by atoms with Crippen LogP contribution < -0.4 is 11.1 Å². The molecule has 5 nitrogen and oxygen atoms in total. The molecule has 0 saturated heterocycles. The molecule has 7 heteroatoms. The molecule has 0 aliphatic carbocycles. The lowest BCUT2D eigenvalue weighted by atomic mass is 10.3. The van der Waals surface area contributed by atoms with Gasteiger partial charge in [-0.3, -0.25) is 9.59 Å². The number of aliphatic hydroxyl groups excluding tert-OH is 1. The van der Waals surface area contributed by atoms with Gasteiger partial charge in [0.25, 0.3) is 5.91 Å². The topological polar surface area (TPSA) is 92.4 Å². The number of rotatable bonds is 4. The minimum Gasteiger partial charge on any atom is -0.381 e. The van der Waals surface area contributed by atoms with Crippen LogP contribution >= 0.6 is 22.7 Å². The number of hydrogen-bond donors (Lipinski definition) is 3. The van der Waals surface area contributed by atoms with Gasteiger partial charge in [-0.25, -0.2) is 0 Å². The Balaban J connectivity index is 2.01. The molecule has 0 saturated carbocycles. The van der Waals surface area contributed by atoms with Gasteiger partial charge >= 0.3 is 0 Å². The number of carbonyl (C=O) groups excluding carboxylic acids is 2. The van der Waals surface area contributed by atoms with Gasteiger partial charge in [0.15, 0.2) is 0 Å². The van der Waals surface area contributed by atoms with Crippen LogP contribution in [0.25, 0.3) is 9.40 Å². The predicted octanol–water partition coefficient (Wildman–Crippen LogP) is 0.539. The van der Waals surface area contributed by atoms with Crippen molar-refractivity contribution in [3.8, 4) is 0 Å². The lowest BCUT2D eigenvalue weighted by molar-refractivity contribution is -0.125. The van der Waals surface area contributed by atoms with Crippen molar-refractivity contribution in [3.05, 3.63) is 22.4 Å². The van der Waals surface area contributed by atoms with Crippen molar-refractivity contribution < 1.29 is 14.7 Å². The van der Waals surface area contributed by atoms with Crippen LogP contribution in [0.5, 0.6) is 0 Å². The van der Waals surface area contributed by atoms with Crippen LogP contribution in [0.4, 0.5) is 0 Å². The van der Waals surface area contributed by atoms with Crippen molar-refractivity contribution in [2.75, 3.05) is 6.54 Å². The molecule has 1 unspecified atom stereocenters. The van der Waals surface area contributed by atoms with Gasteiger partial charge in [0.1, 0.15) is 6.10 Å². The highest BCUT2D eigenvalue weighted by Crippen LogP contribution is 2.29. The van der Waals surface area contributed by atoms with Crippen molar-refractivity contribution in [1.82, 2.24) is 5.32 Å². The lowest BCUT2D eigenvalue weighted by Crippen LogP contribution is -2.39. The minimum absolute atomic E-state index is 0.167. The van der Waals surface area contributed by atoms with E-state index < -0.39 is 12.0 Å². The summed E-state index contributed by atoms with van der Waals surface area (Å²) >= 11 is 2.93. The van der Waals surface area contributed by atoms with Crippen LogP contribution in [-0.2, 0) is 4.79 Å².